The molecule has 0 amide bonds. The van der Waals surface area contributed by atoms with E-state index in [1.807, 2.05) is 19.9 Å². The minimum atomic E-state index is 0.0551. The standard InChI is InChI=1S/C55H46N4.C2H6/c1-4-19-40(5-2)58-54-32-29-43(56-35-18-8-9-20-39(3)46-25-14-16-27-51(46)56)36-49(54)50-38-45(31-34-55(50)58)57(41-21-10-6-11-22-41)44-30-33-53-48(37-44)47-26-15-17-28-52(47)59(53)42-23-12-7-13-24-42;1-2/h4-18,20-34,36-40H,1-2,19,35H2,3H3;1-2H3/b18-8-,20-9-;. The quantitative estimate of drug-likeness (QED) is 0.135. The molecule has 2 aromatic heterocycles. The topological polar surface area (TPSA) is 16.3 Å². The highest BCUT2D eigenvalue weighted by molar-refractivity contribution is 6.12. The first-order chi connectivity index (χ1) is 30.1. The Bertz CT molecular complexity index is 3070. The number of para-hydroxylation sites is 4. The lowest BCUT2D eigenvalue weighted by atomic mass is 9.98. The average molecular weight is 793 g/mol. The van der Waals surface area contributed by atoms with Gasteiger partial charge in [0, 0.05) is 79.2 Å². The molecule has 0 aliphatic carbocycles. The van der Waals surface area contributed by atoms with E-state index in [9.17, 15) is 0 Å². The largest absolute Gasteiger partial charge is 0.337 e. The van der Waals surface area contributed by atoms with Gasteiger partial charge in [-0.2, -0.15) is 0 Å². The summed E-state index contributed by atoms with van der Waals surface area (Å²) < 4.78 is 4.82. The second-order valence-electron chi connectivity index (χ2n) is 15.4. The van der Waals surface area contributed by atoms with Crippen LogP contribution in [0.1, 0.15) is 44.7 Å². The third-order valence-corrected chi connectivity index (χ3v) is 11.9. The van der Waals surface area contributed by atoms with E-state index in [1.54, 1.807) is 0 Å². The lowest BCUT2D eigenvalue weighted by molar-refractivity contribution is 0.655. The van der Waals surface area contributed by atoms with Crippen molar-refractivity contribution < 1.29 is 0 Å². The molecule has 0 fully saturated rings. The van der Waals surface area contributed by atoms with Gasteiger partial charge in [0.2, 0.25) is 0 Å². The van der Waals surface area contributed by atoms with Gasteiger partial charge in [0.1, 0.15) is 0 Å². The van der Waals surface area contributed by atoms with Crippen LogP contribution in [0.2, 0.25) is 0 Å². The fourth-order valence-electron chi connectivity index (χ4n) is 9.19. The normalized spacial score (nSPS) is 15.3. The number of fused-ring (bicyclic) bond motifs is 7. The number of hydrogen-bond donors (Lipinski definition) is 0. The molecule has 4 nitrogen and oxygen atoms in total. The Hall–Kier alpha value is -7.30. The van der Waals surface area contributed by atoms with Crippen LogP contribution in [0.25, 0.3) is 49.3 Å². The highest BCUT2D eigenvalue weighted by atomic mass is 15.1. The Morgan fingerprint density at radius 3 is 1.93 bits per heavy atom. The zero-order chi connectivity index (χ0) is 41.9. The third kappa shape index (κ3) is 7.04. The summed E-state index contributed by atoms with van der Waals surface area (Å²) in [7, 11) is 0. The molecule has 1 aliphatic rings. The van der Waals surface area contributed by atoms with Crippen molar-refractivity contribution in [3.8, 4) is 5.69 Å². The molecule has 2 atom stereocenters. The van der Waals surface area contributed by atoms with Crippen LogP contribution in [0.4, 0.5) is 28.4 Å². The molecule has 4 heteroatoms. The SMILES string of the molecule is C=CCC(C=C)n1c2ccc(N3C/C=C\C=C/C(C)c4ccccc43)cc2c2cc(N(c3ccccc3)c3ccc4c(c3)c3ccccc3n4-c3ccccc3)ccc21.CC. The number of nitrogens with zero attached hydrogens (tertiary/aromatic N) is 4. The summed E-state index contributed by atoms with van der Waals surface area (Å²) in [6, 6.07) is 59.8. The summed E-state index contributed by atoms with van der Waals surface area (Å²) in [5.74, 6) is 0.287. The maximum absolute atomic E-state index is 4.29. The molecular formula is C57H52N4. The van der Waals surface area contributed by atoms with E-state index in [0.717, 1.165) is 41.4 Å². The maximum Gasteiger partial charge on any atom is 0.0554 e. The van der Waals surface area contributed by atoms with Crippen LogP contribution in [0, 0.1) is 0 Å². The highest BCUT2D eigenvalue weighted by Crippen LogP contribution is 2.44. The number of allylic oxidation sites excluding steroid dienone is 5. The highest BCUT2D eigenvalue weighted by Gasteiger charge is 2.23. The monoisotopic (exact) mass is 792 g/mol. The van der Waals surface area contributed by atoms with Crippen LogP contribution in [0.5, 0.6) is 0 Å². The van der Waals surface area contributed by atoms with Crippen LogP contribution in [-0.4, -0.2) is 15.7 Å². The zero-order valence-electron chi connectivity index (χ0n) is 35.3. The van der Waals surface area contributed by atoms with Crippen LogP contribution in [-0.2, 0) is 0 Å². The summed E-state index contributed by atoms with van der Waals surface area (Å²) >= 11 is 0. The molecule has 0 spiro atoms. The second-order valence-corrected chi connectivity index (χ2v) is 15.4. The first-order valence-electron chi connectivity index (χ1n) is 21.6. The van der Waals surface area contributed by atoms with E-state index >= 15 is 0 Å². The van der Waals surface area contributed by atoms with E-state index in [0.29, 0.717) is 0 Å². The lowest BCUT2D eigenvalue weighted by Crippen LogP contribution is -2.18. The first-order valence-corrected chi connectivity index (χ1v) is 21.6. The minimum absolute atomic E-state index is 0.0551. The van der Waals surface area contributed by atoms with Gasteiger partial charge in [-0.05, 0) is 103 Å². The van der Waals surface area contributed by atoms with Crippen LogP contribution in [0.3, 0.4) is 0 Å². The molecule has 61 heavy (non-hydrogen) atoms. The zero-order valence-corrected chi connectivity index (χ0v) is 35.3. The van der Waals surface area contributed by atoms with E-state index in [4.69, 9.17) is 0 Å². The molecule has 300 valence electrons. The minimum Gasteiger partial charge on any atom is -0.337 e. The van der Waals surface area contributed by atoms with Gasteiger partial charge in [0.15, 0.2) is 0 Å². The summed E-state index contributed by atoms with van der Waals surface area (Å²) in [5.41, 5.74) is 12.9. The van der Waals surface area contributed by atoms with Gasteiger partial charge in [0.05, 0.1) is 17.1 Å². The van der Waals surface area contributed by atoms with Crippen molar-refractivity contribution in [1.29, 1.82) is 0 Å². The van der Waals surface area contributed by atoms with Crippen molar-refractivity contribution >= 4 is 72.0 Å². The number of hydrogen-bond acceptors (Lipinski definition) is 2. The molecule has 9 aromatic rings. The Morgan fingerprint density at radius 2 is 1.20 bits per heavy atom. The van der Waals surface area contributed by atoms with Crippen molar-refractivity contribution in [1.82, 2.24) is 9.13 Å². The number of aromatic nitrogens is 2. The molecule has 2 unspecified atom stereocenters. The van der Waals surface area contributed by atoms with Crippen molar-refractivity contribution in [3.63, 3.8) is 0 Å². The Labute approximate surface area is 359 Å². The molecule has 0 N–H and O–H groups in total. The van der Waals surface area contributed by atoms with E-state index in [1.165, 1.54) is 54.9 Å². The van der Waals surface area contributed by atoms with Crippen LogP contribution >= 0.6 is 0 Å². The van der Waals surface area contributed by atoms with Gasteiger partial charge in [0.25, 0.3) is 0 Å². The summed E-state index contributed by atoms with van der Waals surface area (Å²) in [5, 5.41) is 4.84. The van der Waals surface area contributed by atoms with Gasteiger partial charge in [-0.3, -0.25) is 0 Å². The summed E-state index contributed by atoms with van der Waals surface area (Å²) in [6.45, 7) is 15.5. The molecule has 3 heterocycles. The number of anilines is 5. The smallest absolute Gasteiger partial charge is 0.0554 e. The number of rotatable bonds is 9. The molecular weight excluding hydrogens is 741 g/mol. The van der Waals surface area contributed by atoms with Gasteiger partial charge in [-0.15, -0.1) is 13.2 Å². The Balaban J connectivity index is 0.00000235. The Kier molecular flexibility index (Phi) is 11.0. The number of benzene rings is 7. The van der Waals surface area contributed by atoms with Crippen molar-refractivity contribution in [3.05, 3.63) is 219 Å². The third-order valence-electron chi connectivity index (χ3n) is 11.9. The summed E-state index contributed by atoms with van der Waals surface area (Å²) in [4.78, 5) is 4.85. The molecule has 0 radical (unpaired) electrons. The fourth-order valence-corrected chi connectivity index (χ4v) is 9.19. The van der Waals surface area contributed by atoms with Crippen molar-refractivity contribution in [2.24, 2.45) is 0 Å². The molecule has 1 aliphatic heterocycles. The van der Waals surface area contributed by atoms with Crippen molar-refractivity contribution in [2.45, 2.75) is 39.2 Å². The van der Waals surface area contributed by atoms with E-state index < -0.39 is 0 Å². The van der Waals surface area contributed by atoms with E-state index in [-0.39, 0.29) is 12.0 Å². The van der Waals surface area contributed by atoms with Gasteiger partial charge in [-0.1, -0.05) is 130 Å². The van der Waals surface area contributed by atoms with E-state index in [2.05, 4.69) is 233 Å². The predicted molar refractivity (Wildman–Crippen MR) is 264 cm³/mol. The maximum atomic E-state index is 4.29. The molecule has 10 rings (SSSR count). The first kappa shape index (κ1) is 39.2. The van der Waals surface area contributed by atoms with Crippen LogP contribution < -0.4 is 9.80 Å². The molecule has 0 saturated heterocycles. The predicted octanol–water partition coefficient (Wildman–Crippen LogP) is 16.1. The van der Waals surface area contributed by atoms with Gasteiger partial charge in [-0.25, -0.2) is 0 Å². The molecule has 7 aromatic carbocycles. The van der Waals surface area contributed by atoms with Gasteiger partial charge < -0.3 is 18.9 Å². The average Bonchev–Trinajstić information content (AvgIpc) is 3.84. The Morgan fingerprint density at radius 1 is 0.590 bits per heavy atom. The molecule has 0 bridgehead atoms. The van der Waals surface area contributed by atoms with Crippen LogP contribution in [0.15, 0.2) is 213 Å². The lowest BCUT2D eigenvalue weighted by Gasteiger charge is -2.27. The second kappa shape index (κ2) is 17.1. The fraction of sp³-hybridized carbons (Fsp3) is 0.123. The molecule has 0 saturated carbocycles. The van der Waals surface area contributed by atoms with Gasteiger partial charge >= 0.3 is 0 Å². The summed E-state index contributed by atoms with van der Waals surface area (Å²) in [6.07, 6.45) is 13.7. The van der Waals surface area contributed by atoms with Crippen molar-refractivity contribution in [2.75, 3.05) is 16.3 Å².